The summed E-state index contributed by atoms with van der Waals surface area (Å²) in [5.74, 6) is -1.19. The molecule has 0 radical (unpaired) electrons. The molecule has 18 heavy (non-hydrogen) atoms. The topological polar surface area (TPSA) is 92.6 Å². The number of ether oxygens (including phenoxy) is 1. The quantitative estimate of drug-likeness (QED) is 0.753. The molecule has 1 aromatic heterocycles. The summed E-state index contributed by atoms with van der Waals surface area (Å²) in [6.45, 7) is -0.137. The zero-order valence-corrected chi connectivity index (χ0v) is 9.87. The van der Waals surface area contributed by atoms with E-state index >= 15 is 0 Å². The predicted molar refractivity (Wildman–Crippen MR) is 61.4 cm³/mol. The number of carbonyl (C=O) groups excluding carboxylic acids is 1. The lowest BCUT2D eigenvalue weighted by Crippen LogP contribution is -2.32. The van der Waals surface area contributed by atoms with Crippen molar-refractivity contribution in [2.45, 2.75) is 18.9 Å². The number of carbonyl (C=O) groups is 2. The predicted octanol–water partition coefficient (Wildman–Crippen LogP) is 0.317. The third-order valence-electron chi connectivity index (χ3n) is 2.60. The smallest absolute Gasteiger partial charge is 0.376 e. The van der Waals surface area contributed by atoms with Crippen LogP contribution < -0.4 is 4.90 Å². The van der Waals surface area contributed by atoms with E-state index in [-0.39, 0.29) is 18.4 Å². The number of aromatic nitrogens is 2. The first kappa shape index (κ1) is 12.3. The Bertz CT molecular complexity index is 473. The van der Waals surface area contributed by atoms with Crippen LogP contribution in [-0.2, 0) is 9.53 Å². The van der Waals surface area contributed by atoms with Crippen LogP contribution in [0.5, 0.6) is 0 Å². The Morgan fingerprint density at radius 1 is 1.56 bits per heavy atom. The van der Waals surface area contributed by atoms with Gasteiger partial charge in [0, 0.05) is 12.2 Å². The average Bonchev–Trinajstić information content (AvgIpc) is 3.19. The van der Waals surface area contributed by atoms with Crippen LogP contribution >= 0.6 is 0 Å². The number of carboxylic acids is 1. The number of aliphatic carboxylic acids is 1. The molecule has 1 aliphatic carbocycles. The number of hydrogen-bond acceptors (Lipinski definition) is 6. The van der Waals surface area contributed by atoms with Crippen molar-refractivity contribution in [3.63, 3.8) is 0 Å². The molecule has 2 rings (SSSR count). The highest BCUT2D eigenvalue weighted by Crippen LogP contribution is 2.30. The standard InChI is InChI=1S/C11H13N3O4/c1-18-11(17)10-12-5-4-8(13-10)14(6-9(15)16)7-2-3-7/h4-5,7H,2-3,6H2,1H3,(H,15,16). The number of methoxy groups -OCH3 is 1. The molecule has 0 amide bonds. The summed E-state index contributed by atoms with van der Waals surface area (Å²) in [6, 6.07) is 1.77. The number of esters is 1. The van der Waals surface area contributed by atoms with Gasteiger partial charge in [0.25, 0.3) is 0 Å². The molecule has 1 aromatic rings. The van der Waals surface area contributed by atoms with E-state index in [1.165, 1.54) is 13.3 Å². The van der Waals surface area contributed by atoms with Crippen molar-refractivity contribution < 1.29 is 19.4 Å². The maximum atomic E-state index is 11.3. The molecule has 0 atom stereocenters. The van der Waals surface area contributed by atoms with E-state index in [2.05, 4.69) is 14.7 Å². The van der Waals surface area contributed by atoms with Gasteiger partial charge in [0.05, 0.1) is 7.11 Å². The van der Waals surface area contributed by atoms with Crippen LogP contribution in [0.4, 0.5) is 5.82 Å². The highest BCUT2D eigenvalue weighted by molar-refractivity contribution is 5.85. The van der Waals surface area contributed by atoms with Gasteiger partial charge in [-0.2, -0.15) is 0 Å². The van der Waals surface area contributed by atoms with Crippen LogP contribution in [0.2, 0.25) is 0 Å². The van der Waals surface area contributed by atoms with E-state index in [9.17, 15) is 9.59 Å². The van der Waals surface area contributed by atoms with Crippen LogP contribution in [0, 0.1) is 0 Å². The molecule has 0 bridgehead atoms. The fraction of sp³-hybridized carbons (Fsp3) is 0.455. The second kappa shape index (κ2) is 4.99. The molecule has 1 aliphatic rings. The Hall–Kier alpha value is -2.18. The molecule has 96 valence electrons. The van der Waals surface area contributed by atoms with Gasteiger partial charge in [0.2, 0.25) is 5.82 Å². The number of nitrogens with zero attached hydrogens (tertiary/aromatic N) is 3. The first-order valence-electron chi connectivity index (χ1n) is 5.51. The van der Waals surface area contributed by atoms with Crippen LogP contribution in [0.15, 0.2) is 12.3 Å². The minimum atomic E-state index is -0.930. The molecule has 0 spiro atoms. The molecule has 1 saturated carbocycles. The zero-order chi connectivity index (χ0) is 13.1. The average molecular weight is 251 g/mol. The summed E-state index contributed by atoms with van der Waals surface area (Å²) in [4.78, 5) is 31.6. The van der Waals surface area contributed by atoms with Crippen LogP contribution in [-0.4, -0.2) is 46.7 Å². The Kier molecular flexibility index (Phi) is 3.40. The van der Waals surface area contributed by atoms with Crippen molar-refractivity contribution in [3.8, 4) is 0 Å². The first-order valence-corrected chi connectivity index (χ1v) is 5.51. The lowest BCUT2D eigenvalue weighted by atomic mass is 10.4. The van der Waals surface area contributed by atoms with Gasteiger partial charge in [-0.3, -0.25) is 4.79 Å². The van der Waals surface area contributed by atoms with Crippen molar-refractivity contribution in [3.05, 3.63) is 18.1 Å². The summed E-state index contributed by atoms with van der Waals surface area (Å²) < 4.78 is 4.53. The van der Waals surface area contributed by atoms with E-state index < -0.39 is 11.9 Å². The van der Waals surface area contributed by atoms with Gasteiger partial charge in [-0.05, 0) is 18.9 Å². The zero-order valence-electron chi connectivity index (χ0n) is 9.87. The summed E-state index contributed by atoms with van der Waals surface area (Å²) in [5.41, 5.74) is 0. The van der Waals surface area contributed by atoms with Gasteiger partial charge in [-0.25, -0.2) is 14.8 Å². The van der Waals surface area contributed by atoms with E-state index in [1.807, 2.05) is 0 Å². The molecule has 7 heteroatoms. The Balaban J connectivity index is 2.24. The molecular formula is C11H13N3O4. The molecule has 7 nitrogen and oxygen atoms in total. The van der Waals surface area contributed by atoms with E-state index in [0.29, 0.717) is 5.82 Å². The van der Waals surface area contributed by atoms with Crippen molar-refractivity contribution >= 4 is 17.8 Å². The lowest BCUT2D eigenvalue weighted by Gasteiger charge is -2.21. The van der Waals surface area contributed by atoms with Gasteiger partial charge in [-0.15, -0.1) is 0 Å². The summed E-state index contributed by atoms with van der Waals surface area (Å²) in [5, 5.41) is 8.87. The van der Waals surface area contributed by atoms with Gasteiger partial charge >= 0.3 is 11.9 Å². The fourth-order valence-electron chi connectivity index (χ4n) is 1.63. The Morgan fingerprint density at radius 3 is 2.83 bits per heavy atom. The van der Waals surface area contributed by atoms with Crippen LogP contribution in [0.25, 0.3) is 0 Å². The van der Waals surface area contributed by atoms with Crippen molar-refractivity contribution in [1.29, 1.82) is 0 Å². The minimum Gasteiger partial charge on any atom is -0.480 e. The second-order valence-corrected chi connectivity index (χ2v) is 3.98. The molecule has 0 saturated heterocycles. The SMILES string of the molecule is COC(=O)c1nccc(N(CC(=O)O)C2CC2)n1. The van der Waals surface area contributed by atoms with E-state index in [0.717, 1.165) is 12.8 Å². The maximum Gasteiger partial charge on any atom is 0.376 e. The van der Waals surface area contributed by atoms with Crippen molar-refractivity contribution in [2.24, 2.45) is 0 Å². The summed E-state index contributed by atoms with van der Waals surface area (Å²) in [6.07, 6.45) is 3.29. The number of carboxylic acid groups (broad SMARTS) is 1. The summed E-state index contributed by atoms with van der Waals surface area (Å²) >= 11 is 0. The highest BCUT2D eigenvalue weighted by Gasteiger charge is 2.31. The van der Waals surface area contributed by atoms with Crippen molar-refractivity contribution in [1.82, 2.24) is 9.97 Å². The molecule has 1 fully saturated rings. The molecule has 0 unspecified atom stereocenters. The maximum absolute atomic E-state index is 11.3. The number of rotatable bonds is 5. The third kappa shape index (κ3) is 2.73. The first-order chi connectivity index (χ1) is 8.61. The largest absolute Gasteiger partial charge is 0.480 e. The number of anilines is 1. The summed E-state index contributed by atoms with van der Waals surface area (Å²) in [7, 11) is 1.24. The van der Waals surface area contributed by atoms with Crippen LogP contribution in [0.3, 0.4) is 0 Å². The van der Waals surface area contributed by atoms with Gasteiger partial charge in [-0.1, -0.05) is 0 Å². The molecular weight excluding hydrogens is 238 g/mol. The minimum absolute atomic E-state index is 0.0639. The highest BCUT2D eigenvalue weighted by atomic mass is 16.5. The second-order valence-electron chi connectivity index (χ2n) is 3.98. The van der Waals surface area contributed by atoms with Gasteiger partial charge in [0.15, 0.2) is 0 Å². The monoisotopic (exact) mass is 251 g/mol. The molecule has 1 heterocycles. The van der Waals surface area contributed by atoms with Gasteiger partial charge in [0.1, 0.15) is 12.4 Å². The van der Waals surface area contributed by atoms with Crippen molar-refractivity contribution in [2.75, 3.05) is 18.6 Å². The fourth-order valence-corrected chi connectivity index (χ4v) is 1.63. The Morgan fingerprint density at radius 2 is 2.28 bits per heavy atom. The lowest BCUT2D eigenvalue weighted by molar-refractivity contribution is -0.135. The normalized spacial score (nSPS) is 14.1. The van der Waals surface area contributed by atoms with Gasteiger partial charge < -0.3 is 14.7 Å². The Labute approximate surface area is 103 Å². The number of hydrogen-bond donors (Lipinski definition) is 1. The third-order valence-corrected chi connectivity index (χ3v) is 2.60. The van der Waals surface area contributed by atoms with E-state index in [4.69, 9.17) is 5.11 Å². The van der Waals surface area contributed by atoms with Crippen LogP contribution in [0.1, 0.15) is 23.5 Å². The molecule has 1 N–H and O–H groups in total. The molecule has 0 aromatic carbocycles. The molecule has 0 aliphatic heterocycles. The van der Waals surface area contributed by atoms with E-state index in [1.54, 1.807) is 11.0 Å².